The number of rotatable bonds is 11. The topological polar surface area (TPSA) is 132 Å². The van der Waals surface area contributed by atoms with Crippen molar-refractivity contribution in [1.82, 2.24) is 20.2 Å². The smallest absolute Gasteiger partial charge is 0.395 e. The highest BCUT2D eigenvalue weighted by Gasteiger charge is 2.22. The summed E-state index contributed by atoms with van der Waals surface area (Å²) in [6.45, 7) is 0.345. The van der Waals surface area contributed by atoms with Crippen LogP contribution in [0.5, 0.6) is 0 Å². The lowest BCUT2D eigenvalue weighted by Crippen LogP contribution is -2.30. The monoisotopic (exact) mass is 551 g/mol. The van der Waals surface area contributed by atoms with Crippen molar-refractivity contribution < 1.29 is 18.9 Å². The number of aryl methyl sites for hydroxylation is 1. The van der Waals surface area contributed by atoms with Crippen molar-refractivity contribution in [3.63, 3.8) is 0 Å². The Morgan fingerprint density at radius 1 is 0.902 bits per heavy atom. The predicted octanol–water partition coefficient (Wildman–Crippen LogP) is 5.81. The van der Waals surface area contributed by atoms with E-state index in [-0.39, 0.29) is 17.7 Å². The Morgan fingerprint density at radius 3 is 2.32 bits per heavy atom. The standard InChI is InChI=1S/C31H29N5O5/c1-35-26-13-6-5-11-24(26)33-29(35)25(12-7-8-20-32-31(38)27-18-19-28(41-27)36(39)40)34-30(37)23-16-14-22(15-17-23)21-9-3-2-4-10-21/h2-6,9-11,13-19,25H,7-8,12,20H2,1H3,(H,32,38)(H,34,37). The van der Waals surface area contributed by atoms with Crippen LogP contribution in [0.4, 0.5) is 5.88 Å². The van der Waals surface area contributed by atoms with E-state index in [9.17, 15) is 19.7 Å². The molecule has 2 aromatic heterocycles. The van der Waals surface area contributed by atoms with Gasteiger partial charge in [-0.15, -0.1) is 0 Å². The zero-order chi connectivity index (χ0) is 28.8. The number of imidazole rings is 1. The molecule has 0 radical (unpaired) electrons. The van der Waals surface area contributed by atoms with E-state index in [4.69, 9.17) is 9.40 Å². The van der Waals surface area contributed by atoms with Gasteiger partial charge < -0.3 is 19.6 Å². The molecule has 0 spiro atoms. The zero-order valence-electron chi connectivity index (χ0n) is 22.4. The van der Waals surface area contributed by atoms with E-state index in [0.29, 0.717) is 31.4 Å². The molecule has 2 N–H and O–H groups in total. The van der Waals surface area contributed by atoms with E-state index >= 15 is 0 Å². The first-order valence-electron chi connectivity index (χ1n) is 13.3. The number of fused-ring (bicyclic) bond motifs is 1. The third-order valence-corrected chi connectivity index (χ3v) is 6.89. The van der Waals surface area contributed by atoms with Gasteiger partial charge in [0.15, 0.2) is 5.76 Å². The summed E-state index contributed by atoms with van der Waals surface area (Å²) in [7, 11) is 1.93. The normalized spacial score (nSPS) is 11.7. The molecule has 0 fully saturated rings. The molecule has 10 nitrogen and oxygen atoms in total. The Balaban J connectivity index is 1.25. The minimum Gasteiger partial charge on any atom is -0.395 e. The zero-order valence-corrected chi connectivity index (χ0v) is 22.4. The molecule has 0 saturated heterocycles. The lowest BCUT2D eigenvalue weighted by Gasteiger charge is -2.19. The van der Waals surface area contributed by atoms with Gasteiger partial charge in [0.05, 0.1) is 23.1 Å². The Morgan fingerprint density at radius 2 is 1.61 bits per heavy atom. The van der Waals surface area contributed by atoms with Crippen LogP contribution in [0.25, 0.3) is 22.2 Å². The number of aromatic nitrogens is 2. The summed E-state index contributed by atoms with van der Waals surface area (Å²) in [5.41, 5.74) is 4.47. The number of nitro groups is 1. The Hall–Kier alpha value is -5.25. The van der Waals surface area contributed by atoms with Gasteiger partial charge in [-0.25, -0.2) is 4.98 Å². The second-order valence-electron chi connectivity index (χ2n) is 9.63. The first-order chi connectivity index (χ1) is 19.9. The molecule has 5 aromatic rings. The Bertz CT molecular complexity index is 1670. The van der Waals surface area contributed by atoms with Crippen LogP contribution in [0.3, 0.4) is 0 Å². The summed E-state index contributed by atoms with van der Waals surface area (Å²) in [6.07, 6.45) is 1.89. The highest BCUT2D eigenvalue weighted by atomic mass is 16.6. The van der Waals surface area contributed by atoms with E-state index in [1.807, 2.05) is 90.5 Å². The second-order valence-corrected chi connectivity index (χ2v) is 9.63. The maximum atomic E-state index is 13.3. The molecular weight excluding hydrogens is 522 g/mol. The van der Waals surface area contributed by atoms with E-state index in [2.05, 4.69) is 10.6 Å². The summed E-state index contributed by atoms with van der Waals surface area (Å²) in [4.78, 5) is 40.5. The van der Waals surface area contributed by atoms with Gasteiger partial charge in [0.2, 0.25) is 0 Å². The number of nitrogens with zero attached hydrogens (tertiary/aromatic N) is 3. The number of hydrogen-bond donors (Lipinski definition) is 2. The number of carbonyl (C=O) groups is 2. The lowest BCUT2D eigenvalue weighted by molar-refractivity contribution is -0.402. The molecule has 0 saturated carbocycles. The highest BCUT2D eigenvalue weighted by Crippen LogP contribution is 2.25. The van der Waals surface area contributed by atoms with Gasteiger partial charge >= 0.3 is 5.88 Å². The van der Waals surface area contributed by atoms with E-state index in [1.165, 1.54) is 6.07 Å². The Labute approximate surface area is 236 Å². The van der Waals surface area contributed by atoms with Crippen molar-refractivity contribution in [3.05, 3.63) is 118 Å². The van der Waals surface area contributed by atoms with E-state index in [0.717, 1.165) is 34.1 Å². The molecule has 208 valence electrons. The third kappa shape index (κ3) is 6.33. The summed E-state index contributed by atoms with van der Waals surface area (Å²) in [5.74, 6) is -0.565. The number of benzene rings is 3. The fraction of sp³-hybridized carbons (Fsp3) is 0.194. The first kappa shape index (κ1) is 27.3. The summed E-state index contributed by atoms with van der Waals surface area (Å²) < 4.78 is 6.94. The molecule has 1 atom stereocenters. The van der Waals surface area contributed by atoms with Crippen molar-refractivity contribution >= 4 is 28.7 Å². The minimum atomic E-state index is -0.691. The van der Waals surface area contributed by atoms with E-state index in [1.54, 1.807) is 0 Å². The fourth-order valence-electron chi connectivity index (χ4n) is 4.74. The average molecular weight is 552 g/mol. The minimum absolute atomic E-state index is 0.111. The first-order valence-corrected chi connectivity index (χ1v) is 13.3. The lowest BCUT2D eigenvalue weighted by atomic mass is 10.0. The average Bonchev–Trinajstić information content (AvgIpc) is 3.63. The maximum Gasteiger partial charge on any atom is 0.433 e. The third-order valence-electron chi connectivity index (χ3n) is 6.89. The molecular formula is C31H29N5O5. The van der Waals surface area contributed by atoms with Crippen LogP contribution in [-0.2, 0) is 7.05 Å². The van der Waals surface area contributed by atoms with Gasteiger partial charge in [0.1, 0.15) is 10.7 Å². The molecule has 1 unspecified atom stereocenters. The number of furan rings is 1. The van der Waals surface area contributed by atoms with Gasteiger partial charge in [-0.1, -0.05) is 54.6 Å². The number of amides is 2. The van der Waals surface area contributed by atoms with Crippen LogP contribution < -0.4 is 10.6 Å². The molecule has 0 aliphatic rings. The highest BCUT2D eigenvalue weighted by molar-refractivity contribution is 5.95. The molecule has 2 heterocycles. The number of hydrogen-bond acceptors (Lipinski definition) is 6. The predicted molar refractivity (Wildman–Crippen MR) is 154 cm³/mol. The van der Waals surface area contributed by atoms with Crippen LogP contribution in [-0.4, -0.2) is 32.8 Å². The van der Waals surface area contributed by atoms with E-state index < -0.39 is 16.7 Å². The quantitative estimate of drug-likeness (QED) is 0.121. The van der Waals surface area contributed by atoms with Crippen LogP contribution in [0.1, 0.15) is 52.0 Å². The SMILES string of the molecule is Cn1c(C(CCCCNC(=O)c2ccc([N+](=O)[O-])o2)NC(=O)c2ccc(-c3ccccc3)cc2)nc2ccccc21. The van der Waals surface area contributed by atoms with Crippen molar-refractivity contribution in [3.8, 4) is 11.1 Å². The van der Waals surface area contributed by atoms with Crippen LogP contribution in [0, 0.1) is 10.1 Å². The van der Waals surface area contributed by atoms with Gasteiger partial charge in [-0.05, 0) is 60.7 Å². The van der Waals surface area contributed by atoms with Crippen molar-refractivity contribution in [2.24, 2.45) is 7.05 Å². The fourth-order valence-corrected chi connectivity index (χ4v) is 4.74. The molecule has 0 bridgehead atoms. The van der Waals surface area contributed by atoms with Gasteiger partial charge in [-0.3, -0.25) is 19.7 Å². The molecule has 3 aromatic carbocycles. The van der Waals surface area contributed by atoms with Crippen molar-refractivity contribution in [2.75, 3.05) is 6.54 Å². The summed E-state index contributed by atoms with van der Waals surface area (Å²) in [6, 6.07) is 27.3. The van der Waals surface area contributed by atoms with Crippen LogP contribution in [0.2, 0.25) is 0 Å². The van der Waals surface area contributed by atoms with Crippen LogP contribution >= 0.6 is 0 Å². The van der Waals surface area contributed by atoms with Crippen molar-refractivity contribution in [2.45, 2.75) is 25.3 Å². The molecule has 2 amide bonds. The second kappa shape index (κ2) is 12.3. The number of carbonyl (C=O) groups excluding carboxylic acids is 2. The molecule has 41 heavy (non-hydrogen) atoms. The number of unbranched alkanes of at least 4 members (excludes halogenated alkanes) is 1. The molecule has 0 aliphatic carbocycles. The summed E-state index contributed by atoms with van der Waals surface area (Å²) >= 11 is 0. The molecule has 5 rings (SSSR count). The van der Waals surface area contributed by atoms with Gasteiger partial charge in [0.25, 0.3) is 11.8 Å². The maximum absolute atomic E-state index is 13.3. The van der Waals surface area contributed by atoms with Gasteiger partial charge in [-0.2, -0.15) is 0 Å². The van der Waals surface area contributed by atoms with Crippen molar-refractivity contribution in [1.29, 1.82) is 0 Å². The van der Waals surface area contributed by atoms with Gasteiger partial charge in [0, 0.05) is 19.2 Å². The molecule has 0 aliphatic heterocycles. The van der Waals surface area contributed by atoms with Crippen LogP contribution in [0.15, 0.2) is 95.4 Å². The largest absolute Gasteiger partial charge is 0.433 e. The molecule has 10 heteroatoms. The Kier molecular flexibility index (Phi) is 8.19. The number of para-hydroxylation sites is 2. The number of nitrogens with one attached hydrogen (secondary N) is 2. The summed E-state index contributed by atoms with van der Waals surface area (Å²) in [5, 5.41) is 16.7.